The van der Waals surface area contributed by atoms with E-state index in [1.54, 1.807) is 6.07 Å². The Labute approximate surface area is 116 Å². The number of benzene rings is 1. The van der Waals surface area contributed by atoms with Crippen LogP contribution in [0.2, 0.25) is 0 Å². The molecule has 1 aliphatic carbocycles. The zero-order valence-electron chi connectivity index (χ0n) is 11.2. The second-order valence-corrected chi connectivity index (χ2v) is 5.23. The molecule has 2 atom stereocenters. The van der Waals surface area contributed by atoms with E-state index in [-0.39, 0.29) is 17.4 Å². The van der Waals surface area contributed by atoms with Crippen molar-refractivity contribution in [3.63, 3.8) is 0 Å². The number of halogens is 3. The zero-order valence-corrected chi connectivity index (χ0v) is 11.2. The third-order valence-corrected chi connectivity index (χ3v) is 3.74. The number of rotatable bonds is 2. The second kappa shape index (κ2) is 5.74. The van der Waals surface area contributed by atoms with Gasteiger partial charge in [0, 0.05) is 0 Å². The molecule has 5 heteroatoms. The van der Waals surface area contributed by atoms with Gasteiger partial charge in [-0.25, -0.2) is 0 Å². The molecule has 0 N–H and O–H groups in total. The molecule has 0 aliphatic heterocycles. The Kier molecular flexibility index (Phi) is 4.22. The van der Waals surface area contributed by atoms with Crippen LogP contribution in [0.5, 0.6) is 5.75 Å². The van der Waals surface area contributed by atoms with Crippen molar-refractivity contribution in [2.75, 3.05) is 0 Å². The third kappa shape index (κ3) is 3.24. The van der Waals surface area contributed by atoms with E-state index in [0.29, 0.717) is 5.92 Å². The number of ether oxygens (including phenoxy) is 1. The molecular weight excluding hydrogens is 267 g/mol. The SMILES string of the molecule is C[C@@H]1CCCC[C@@H]1Oc1ccc(C#N)c(C(F)(F)F)c1. The van der Waals surface area contributed by atoms with E-state index in [2.05, 4.69) is 6.92 Å². The van der Waals surface area contributed by atoms with Crippen molar-refractivity contribution in [2.45, 2.75) is 44.9 Å². The maximum Gasteiger partial charge on any atom is 0.417 e. The molecule has 1 aliphatic rings. The van der Waals surface area contributed by atoms with Crippen molar-refractivity contribution in [3.05, 3.63) is 29.3 Å². The van der Waals surface area contributed by atoms with E-state index in [0.717, 1.165) is 31.7 Å². The van der Waals surface area contributed by atoms with E-state index in [1.165, 1.54) is 12.1 Å². The van der Waals surface area contributed by atoms with Crippen LogP contribution < -0.4 is 4.74 Å². The Hall–Kier alpha value is -1.70. The molecule has 108 valence electrons. The molecule has 1 fully saturated rings. The van der Waals surface area contributed by atoms with Crippen molar-refractivity contribution in [1.82, 2.24) is 0 Å². The summed E-state index contributed by atoms with van der Waals surface area (Å²) in [5.41, 5.74) is -1.30. The maximum atomic E-state index is 12.9. The molecular formula is C15H16F3NO. The quantitative estimate of drug-likeness (QED) is 0.798. The molecule has 0 saturated heterocycles. The molecule has 0 unspecified atom stereocenters. The standard InChI is InChI=1S/C15H16F3NO/c1-10-4-2-3-5-14(10)20-12-7-6-11(9-19)13(8-12)15(16,17)18/h6-8,10,14H,2-5H2,1H3/t10-,14+/m1/s1. The van der Waals surface area contributed by atoms with E-state index >= 15 is 0 Å². The summed E-state index contributed by atoms with van der Waals surface area (Å²) in [4.78, 5) is 0. The van der Waals surface area contributed by atoms with Crippen LogP contribution in [0.25, 0.3) is 0 Å². The van der Waals surface area contributed by atoms with Gasteiger partial charge in [-0.2, -0.15) is 18.4 Å². The van der Waals surface area contributed by atoms with Crippen molar-refractivity contribution in [2.24, 2.45) is 5.92 Å². The lowest BCUT2D eigenvalue weighted by Gasteiger charge is -2.29. The Bertz CT molecular complexity index is 519. The monoisotopic (exact) mass is 283 g/mol. The fourth-order valence-electron chi connectivity index (χ4n) is 2.56. The average molecular weight is 283 g/mol. The molecule has 0 amide bonds. The highest BCUT2D eigenvalue weighted by atomic mass is 19.4. The molecule has 0 radical (unpaired) electrons. The fraction of sp³-hybridized carbons (Fsp3) is 0.533. The number of alkyl halides is 3. The Morgan fingerprint density at radius 2 is 1.95 bits per heavy atom. The van der Waals surface area contributed by atoms with Crippen LogP contribution in [-0.4, -0.2) is 6.10 Å². The van der Waals surface area contributed by atoms with Crippen LogP contribution in [-0.2, 0) is 6.18 Å². The summed E-state index contributed by atoms with van der Waals surface area (Å²) in [5, 5.41) is 8.75. The smallest absolute Gasteiger partial charge is 0.417 e. The second-order valence-electron chi connectivity index (χ2n) is 5.23. The van der Waals surface area contributed by atoms with Crippen LogP contribution in [0.4, 0.5) is 13.2 Å². The first-order valence-corrected chi connectivity index (χ1v) is 6.70. The van der Waals surface area contributed by atoms with Gasteiger partial charge in [0.15, 0.2) is 0 Å². The van der Waals surface area contributed by atoms with Crippen molar-refractivity contribution < 1.29 is 17.9 Å². The number of nitriles is 1. The highest BCUT2D eigenvalue weighted by Crippen LogP contribution is 2.35. The van der Waals surface area contributed by atoms with E-state index < -0.39 is 11.7 Å². The summed E-state index contributed by atoms with van der Waals surface area (Å²) in [5.74, 6) is 0.531. The average Bonchev–Trinajstić information content (AvgIpc) is 2.40. The van der Waals surface area contributed by atoms with Gasteiger partial charge in [-0.15, -0.1) is 0 Å². The highest BCUT2D eigenvalue weighted by molar-refractivity contribution is 5.44. The molecule has 0 spiro atoms. The Balaban J connectivity index is 2.23. The first-order chi connectivity index (χ1) is 9.41. The number of hydrogen-bond donors (Lipinski definition) is 0. The predicted molar refractivity (Wildman–Crippen MR) is 68.2 cm³/mol. The minimum Gasteiger partial charge on any atom is -0.490 e. The lowest BCUT2D eigenvalue weighted by atomic mass is 9.88. The van der Waals surface area contributed by atoms with Gasteiger partial charge in [-0.05, 0) is 43.4 Å². The van der Waals surface area contributed by atoms with Gasteiger partial charge in [-0.1, -0.05) is 13.3 Å². The molecule has 1 saturated carbocycles. The minimum absolute atomic E-state index is 0.0437. The fourth-order valence-corrected chi connectivity index (χ4v) is 2.56. The van der Waals surface area contributed by atoms with Gasteiger partial charge in [-0.3, -0.25) is 0 Å². The summed E-state index contributed by atoms with van der Waals surface area (Å²) in [7, 11) is 0. The van der Waals surface area contributed by atoms with Crippen molar-refractivity contribution in [1.29, 1.82) is 5.26 Å². The maximum absolute atomic E-state index is 12.9. The van der Waals surface area contributed by atoms with Crippen LogP contribution in [0.15, 0.2) is 18.2 Å². The van der Waals surface area contributed by atoms with Gasteiger partial charge in [0.2, 0.25) is 0 Å². The van der Waals surface area contributed by atoms with Gasteiger partial charge in [0.1, 0.15) is 11.9 Å². The first-order valence-electron chi connectivity index (χ1n) is 6.70. The molecule has 0 heterocycles. The summed E-state index contributed by atoms with van der Waals surface area (Å²) in [6, 6.07) is 5.11. The Morgan fingerprint density at radius 1 is 1.25 bits per heavy atom. The topological polar surface area (TPSA) is 33.0 Å². The molecule has 20 heavy (non-hydrogen) atoms. The molecule has 1 aromatic rings. The van der Waals surface area contributed by atoms with Gasteiger partial charge in [0.25, 0.3) is 0 Å². The van der Waals surface area contributed by atoms with Crippen molar-refractivity contribution >= 4 is 0 Å². The molecule has 2 nitrogen and oxygen atoms in total. The third-order valence-electron chi connectivity index (χ3n) is 3.74. The number of nitrogens with zero attached hydrogens (tertiary/aromatic N) is 1. The highest BCUT2D eigenvalue weighted by Gasteiger charge is 2.34. The lowest BCUT2D eigenvalue weighted by Crippen LogP contribution is -2.28. The predicted octanol–water partition coefficient (Wildman–Crippen LogP) is 4.53. The van der Waals surface area contributed by atoms with E-state index in [9.17, 15) is 13.2 Å². The summed E-state index contributed by atoms with van der Waals surface area (Å²) in [6.45, 7) is 2.05. The van der Waals surface area contributed by atoms with Crippen LogP contribution in [0, 0.1) is 17.2 Å². The molecule has 1 aromatic carbocycles. The van der Waals surface area contributed by atoms with Gasteiger partial charge >= 0.3 is 6.18 Å². The van der Waals surface area contributed by atoms with Gasteiger partial charge < -0.3 is 4.74 Å². The van der Waals surface area contributed by atoms with Crippen LogP contribution >= 0.6 is 0 Å². The summed E-state index contributed by atoms with van der Waals surface area (Å²) in [6.07, 6.45) is -0.504. The normalized spacial score (nSPS) is 23.1. The summed E-state index contributed by atoms with van der Waals surface area (Å²) < 4.78 is 44.3. The molecule has 0 bridgehead atoms. The largest absolute Gasteiger partial charge is 0.490 e. The molecule has 2 rings (SSSR count). The number of hydrogen-bond acceptors (Lipinski definition) is 2. The summed E-state index contributed by atoms with van der Waals surface area (Å²) >= 11 is 0. The van der Waals surface area contributed by atoms with Crippen LogP contribution in [0.3, 0.4) is 0 Å². The van der Waals surface area contributed by atoms with Gasteiger partial charge in [0.05, 0.1) is 17.2 Å². The zero-order chi connectivity index (χ0) is 14.8. The first kappa shape index (κ1) is 14.7. The minimum atomic E-state index is -4.54. The van der Waals surface area contributed by atoms with Crippen LogP contribution in [0.1, 0.15) is 43.7 Å². The lowest BCUT2D eigenvalue weighted by molar-refractivity contribution is -0.137. The Morgan fingerprint density at radius 3 is 2.55 bits per heavy atom. The van der Waals surface area contributed by atoms with Crippen molar-refractivity contribution in [3.8, 4) is 11.8 Å². The van der Waals surface area contributed by atoms with E-state index in [4.69, 9.17) is 10.00 Å². The van der Waals surface area contributed by atoms with E-state index in [1.807, 2.05) is 0 Å². The molecule has 0 aromatic heterocycles.